The summed E-state index contributed by atoms with van der Waals surface area (Å²) in [5.74, 6) is 1.28. The van der Waals surface area contributed by atoms with Gasteiger partial charge in [0.25, 0.3) is 0 Å². The zero-order valence-electron chi connectivity index (χ0n) is 15.1. The summed E-state index contributed by atoms with van der Waals surface area (Å²) in [5.41, 5.74) is 2.87. The summed E-state index contributed by atoms with van der Waals surface area (Å²) in [4.78, 5) is 0.382. The number of fused-ring (bicyclic) bond motifs is 1. The maximum atomic E-state index is 13.2. The number of sulfonamides is 1. The zero-order chi connectivity index (χ0) is 18.9. The summed E-state index contributed by atoms with van der Waals surface area (Å²) >= 11 is 3.42. The van der Waals surface area contributed by atoms with Gasteiger partial charge < -0.3 is 9.47 Å². The number of hydrogen-bond acceptors (Lipinski definition) is 4. The maximum Gasteiger partial charge on any atom is 0.243 e. The van der Waals surface area contributed by atoms with Gasteiger partial charge in [-0.2, -0.15) is 4.31 Å². The van der Waals surface area contributed by atoms with Crippen LogP contribution in [0.3, 0.4) is 0 Å². The first-order valence-electron chi connectivity index (χ1n) is 8.43. The van der Waals surface area contributed by atoms with Gasteiger partial charge in [0.05, 0.1) is 19.1 Å². The molecule has 0 bridgehead atoms. The number of methoxy groups -OCH3 is 2. The van der Waals surface area contributed by atoms with Crippen molar-refractivity contribution in [1.29, 1.82) is 0 Å². The molecule has 0 fully saturated rings. The van der Waals surface area contributed by atoms with Gasteiger partial charge in [0.1, 0.15) is 0 Å². The van der Waals surface area contributed by atoms with Gasteiger partial charge in [-0.1, -0.05) is 22.9 Å². The summed E-state index contributed by atoms with van der Waals surface area (Å²) in [5, 5.41) is 0. The van der Waals surface area contributed by atoms with Crippen LogP contribution < -0.4 is 9.47 Å². The Kier molecular flexibility index (Phi) is 5.60. The number of benzene rings is 2. The summed E-state index contributed by atoms with van der Waals surface area (Å²) in [7, 11) is -0.378. The van der Waals surface area contributed by atoms with E-state index in [1.54, 1.807) is 30.7 Å². The van der Waals surface area contributed by atoms with E-state index in [-0.39, 0.29) is 0 Å². The van der Waals surface area contributed by atoms with Gasteiger partial charge in [-0.05, 0) is 59.9 Å². The van der Waals surface area contributed by atoms with Gasteiger partial charge >= 0.3 is 0 Å². The molecule has 1 aliphatic heterocycles. The predicted octanol–water partition coefficient (Wildman–Crippen LogP) is 3.78. The first kappa shape index (κ1) is 19.2. The number of aryl methyl sites for hydroxylation is 1. The number of nitrogens with zero attached hydrogens (tertiary/aromatic N) is 1. The van der Waals surface area contributed by atoms with Crippen LogP contribution in [0.15, 0.2) is 39.7 Å². The average Bonchev–Trinajstić information content (AvgIpc) is 2.65. The third kappa shape index (κ3) is 3.48. The van der Waals surface area contributed by atoms with E-state index in [0.29, 0.717) is 42.3 Å². The molecule has 0 aliphatic carbocycles. The minimum Gasteiger partial charge on any atom is -0.493 e. The van der Waals surface area contributed by atoms with Crippen LogP contribution in [0.2, 0.25) is 0 Å². The van der Waals surface area contributed by atoms with E-state index in [0.717, 1.165) is 21.2 Å². The fraction of sp³-hybridized carbons (Fsp3) is 0.368. The van der Waals surface area contributed by atoms with Crippen LogP contribution in [0.1, 0.15) is 23.6 Å². The maximum absolute atomic E-state index is 13.2. The Morgan fingerprint density at radius 1 is 1.08 bits per heavy atom. The molecule has 2 aromatic rings. The van der Waals surface area contributed by atoms with Crippen molar-refractivity contribution in [3.8, 4) is 11.5 Å². The lowest BCUT2D eigenvalue weighted by molar-refractivity contribution is 0.348. The summed E-state index contributed by atoms with van der Waals surface area (Å²) in [6.07, 6.45) is 1.30. The smallest absolute Gasteiger partial charge is 0.243 e. The molecule has 5 nitrogen and oxygen atoms in total. The minimum atomic E-state index is -3.56. The molecule has 7 heteroatoms. The predicted molar refractivity (Wildman–Crippen MR) is 104 cm³/mol. The van der Waals surface area contributed by atoms with Gasteiger partial charge in [-0.15, -0.1) is 0 Å². The second kappa shape index (κ2) is 7.58. The van der Waals surface area contributed by atoms with E-state index in [1.165, 1.54) is 0 Å². The van der Waals surface area contributed by atoms with Crippen molar-refractivity contribution in [2.24, 2.45) is 0 Å². The molecule has 1 aliphatic rings. The summed E-state index contributed by atoms with van der Waals surface area (Å²) in [6, 6.07) is 9.15. The Balaban J connectivity index is 1.97. The second-order valence-corrected chi connectivity index (χ2v) is 8.99. The van der Waals surface area contributed by atoms with E-state index in [4.69, 9.17) is 9.47 Å². The minimum absolute atomic E-state index is 0.331. The van der Waals surface area contributed by atoms with Crippen LogP contribution >= 0.6 is 15.9 Å². The van der Waals surface area contributed by atoms with Gasteiger partial charge in [0, 0.05) is 17.6 Å². The van der Waals surface area contributed by atoms with Crippen LogP contribution in [-0.2, 0) is 29.4 Å². The average molecular weight is 440 g/mol. The van der Waals surface area contributed by atoms with Crippen molar-refractivity contribution in [2.45, 2.75) is 31.2 Å². The van der Waals surface area contributed by atoms with Gasteiger partial charge in [0.2, 0.25) is 10.0 Å². The van der Waals surface area contributed by atoms with E-state index < -0.39 is 10.0 Å². The fourth-order valence-electron chi connectivity index (χ4n) is 3.28. The largest absolute Gasteiger partial charge is 0.493 e. The first-order chi connectivity index (χ1) is 12.4. The lowest BCUT2D eigenvalue weighted by Crippen LogP contribution is -2.36. The Bertz CT molecular complexity index is 927. The molecule has 2 aromatic carbocycles. The molecule has 0 saturated heterocycles. The van der Waals surface area contributed by atoms with Crippen molar-refractivity contribution >= 4 is 26.0 Å². The monoisotopic (exact) mass is 439 g/mol. The lowest BCUT2D eigenvalue weighted by Gasteiger charge is -2.29. The van der Waals surface area contributed by atoms with E-state index in [9.17, 15) is 8.42 Å². The van der Waals surface area contributed by atoms with Crippen LogP contribution in [0.4, 0.5) is 0 Å². The molecule has 0 N–H and O–H groups in total. The molecule has 0 spiro atoms. The molecule has 0 radical (unpaired) electrons. The van der Waals surface area contributed by atoms with E-state index in [1.807, 2.05) is 25.1 Å². The quantitative estimate of drug-likeness (QED) is 0.711. The van der Waals surface area contributed by atoms with Gasteiger partial charge in [-0.25, -0.2) is 8.42 Å². The molecule has 1 heterocycles. The molecule has 0 atom stereocenters. The Morgan fingerprint density at radius 3 is 2.35 bits per heavy atom. The molecule has 3 rings (SSSR count). The van der Waals surface area contributed by atoms with E-state index >= 15 is 0 Å². The summed E-state index contributed by atoms with van der Waals surface area (Å²) < 4.78 is 39.6. The number of hydrogen-bond donors (Lipinski definition) is 0. The van der Waals surface area contributed by atoms with Crippen LogP contribution in [0, 0.1) is 0 Å². The third-order valence-corrected chi connectivity index (χ3v) is 7.14. The van der Waals surface area contributed by atoms with Gasteiger partial charge in [0.15, 0.2) is 11.5 Å². The number of ether oxygens (including phenoxy) is 2. The molecule has 0 amide bonds. The van der Waals surface area contributed by atoms with Crippen LogP contribution in [-0.4, -0.2) is 33.5 Å². The number of rotatable bonds is 5. The fourth-order valence-corrected chi connectivity index (χ4v) is 5.38. The van der Waals surface area contributed by atoms with Gasteiger partial charge in [-0.3, -0.25) is 0 Å². The van der Waals surface area contributed by atoms with Crippen molar-refractivity contribution in [3.05, 3.63) is 51.5 Å². The van der Waals surface area contributed by atoms with Crippen molar-refractivity contribution in [1.82, 2.24) is 4.31 Å². The molecule has 0 saturated carbocycles. The second-order valence-electron chi connectivity index (χ2n) is 6.17. The standard InChI is InChI=1S/C19H22BrNO4S/c1-4-13-9-16(20)5-6-19(13)26(22,23)21-8-7-14-10-17(24-2)18(25-3)11-15(14)12-21/h5-6,9-11H,4,7-8,12H2,1-3H3. The molecular weight excluding hydrogens is 418 g/mol. The van der Waals surface area contributed by atoms with Crippen LogP contribution in [0.5, 0.6) is 11.5 Å². The highest BCUT2D eigenvalue weighted by atomic mass is 79.9. The SMILES string of the molecule is CCc1cc(Br)ccc1S(=O)(=O)N1CCc2cc(OC)c(OC)cc2C1. The Hall–Kier alpha value is -1.57. The third-order valence-electron chi connectivity index (χ3n) is 4.70. The summed E-state index contributed by atoms with van der Waals surface area (Å²) in [6.45, 7) is 2.74. The van der Waals surface area contributed by atoms with Crippen LogP contribution in [0.25, 0.3) is 0 Å². The molecule has 0 aromatic heterocycles. The molecule has 140 valence electrons. The highest BCUT2D eigenvalue weighted by Gasteiger charge is 2.30. The Morgan fingerprint density at radius 2 is 1.73 bits per heavy atom. The first-order valence-corrected chi connectivity index (χ1v) is 10.7. The zero-order valence-corrected chi connectivity index (χ0v) is 17.5. The highest BCUT2D eigenvalue weighted by molar-refractivity contribution is 9.10. The molecule has 0 unspecified atom stereocenters. The molecule has 26 heavy (non-hydrogen) atoms. The molecular formula is C19H22BrNO4S. The van der Waals surface area contributed by atoms with Crippen molar-refractivity contribution < 1.29 is 17.9 Å². The Labute approximate surface area is 163 Å². The van der Waals surface area contributed by atoms with Crippen molar-refractivity contribution in [2.75, 3.05) is 20.8 Å². The van der Waals surface area contributed by atoms with E-state index in [2.05, 4.69) is 15.9 Å². The number of halogens is 1. The normalized spacial score (nSPS) is 14.8. The lowest BCUT2D eigenvalue weighted by atomic mass is 10.0. The highest BCUT2D eigenvalue weighted by Crippen LogP contribution is 2.35. The van der Waals surface area contributed by atoms with Crippen molar-refractivity contribution in [3.63, 3.8) is 0 Å². The topological polar surface area (TPSA) is 55.8 Å².